The monoisotopic (exact) mass is 423 g/mol. The molecule has 0 aromatic carbocycles. The van der Waals surface area contributed by atoms with Gasteiger partial charge < -0.3 is 9.47 Å². The summed E-state index contributed by atoms with van der Waals surface area (Å²) in [6, 6.07) is 0. The molecular formula is C24H45N3O3. The predicted molar refractivity (Wildman–Crippen MR) is 120 cm³/mol. The van der Waals surface area contributed by atoms with Gasteiger partial charge in [-0.3, -0.25) is 19.5 Å². The Kier molecular flexibility index (Phi) is 8.21. The molecule has 0 aromatic rings. The van der Waals surface area contributed by atoms with Crippen LogP contribution in [0.25, 0.3) is 0 Å². The highest BCUT2D eigenvalue weighted by atomic mass is 16.5. The number of hydrogen-bond acceptors (Lipinski definition) is 6. The number of piperazine rings is 1. The van der Waals surface area contributed by atoms with E-state index in [1.807, 2.05) is 6.92 Å². The van der Waals surface area contributed by atoms with E-state index >= 15 is 0 Å². The van der Waals surface area contributed by atoms with Crippen LogP contribution in [0.15, 0.2) is 0 Å². The first kappa shape index (κ1) is 24.0. The molecule has 6 nitrogen and oxygen atoms in total. The maximum absolute atomic E-state index is 12.6. The number of likely N-dealkylation sites (tertiary alicyclic amines) is 1. The van der Waals surface area contributed by atoms with Crippen molar-refractivity contribution >= 4 is 5.97 Å². The first-order chi connectivity index (χ1) is 14.3. The van der Waals surface area contributed by atoms with Gasteiger partial charge in [-0.05, 0) is 72.6 Å². The van der Waals surface area contributed by atoms with Crippen molar-refractivity contribution in [1.29, 1.82) is 0 Å². The van der Waals surface area contributed by atoms with E-state index in [4.69, 9.17) is 9.47 Å². The van der Waals surface area contributed by atoms with Gasteiger partial charge in [0.1, 0.15) is 0 Å². The fourth-order valence-corrected chi connectivity index (χ4v) is 5.42. The molecule has 1 atom stereocenters. The average molecular weight is 424 g/mol. The van der Waals surface area contributed by atoms with Crippen LogP contribution in [-0.2, 0) is 14.3 Å². The third kappa shape index (κ3) is 5.56. The van der Waals surface area contributed by atoms with E-state index in [9.17, 15) is 4.79 Å². The molecule has 3 rings (SSSR count). The van der Waals surface area contributed by atoms with Gasteiger partial charge in [0.25, 0.3) is 0 Å². The molecule has 2 saturated heterocycles. The lowest BCUT2D eigenvalue weighted by molar-refractivity contribution is -0.197. The summed E-state index contributed by atoms with van der Waals surface area (Å²) in [5.74, 6) is 0.000320. The highest BCUT2D eigenvalue weighted by molar-refractivity contribution is 5.76. The van der Waals surface area contributed by atoms with Crippen molar-refractivity contribution in [3.63, 3.8) is 0 Å². The lowest BCUT2D eigenvalue weighted by Gasteiger charge is -2.47. The van der Waals surface area contributed by atoms with Crippen molar-refractivity contribution in [2.75, 3.05) is 45.9 Å². The lowest BCUT2D eigenvalue weighted by atomic mass is 9.71. The molecule has 0 bridgehead atoms. The fourth-order valence-electron chi connectivity index (χ4n) is 5.42. The highest BCUT2D eigenvalue weighted by Gasteiger charge is 2.43. The molecule has 3 fully saturated rings. The van der Waals surface area contributed by atoms with Gasteiger partial charge in [0, 0.05) is 44.8 Å². The van der Waals surface area contributed by atoms with Crippen molar-refractivity contribution in [3.8, 4) is 0 Å². The van der Waals surface area contributed by atoms with Crippen LogP contribution in [0.5, 0.6) is 0 Å². The van der Waals surface area contributed by atoms with Gasteiger partial charge in [-0.15, -0.1) is 0 Å². The number of carbonyl (C=O) groups excluding carboxylic acids is 1. The van der Waals surface area contributed by atoms with Crippen molar-refractivity contribution in [2.24, 2.45) is 5.41 Å². The molecule has 1 saturated carbocycles. The Labute approximate surface area is 184 Å². The molecule has 174 valence electrons. The van der Waals surface area contributed by atoms with E-state index in [1.165, 1.54) is 12.8 Å². The maximum atomic E-state index is 12.6. The lowest BCUT2D eigenvalue weighted by Crippen LogP contribution is -2.60. The molecule has 30 heavy (non-hydrogen) atoms. The Bertz CT molecular complexity index is 540. The van der Waals surface area contributed by atoms with Gasteiger partial charge in [0.2, 0.25) is 0 Å². The van der Waals surface area contributed by atoms with E-state index in [-0.39, 0.29) is 29.4 Å². The van der Waals surface area contributed by atoms with Crippen LogP contribution in [0.2, 0.25) is 0 Å². The largest absolute Gasteiger partial charge is 0.466 e. The summed E-state index contributed by atoms with van der Waals surface area (Å²) in [4.78, 5) is 20.2. The Hall–Kier alpha value is -0.690. The molecule has 0 spiro atoms. The van der Waals surface area contributed by atoms with Gasteiger partial charge in [-0.25, -0.2) is 0 Å². The molecule has 2 aliphatic heterocycles. The first-order valence-corrected chi connectivity index (χ1v) is 12.3. The summed E-state index contributed by atoms with van der Waals surface area (Å²) in [5.41, 5.74) is -0.0621. The third-order valence-corrected chi connectivity index (χ3v) is 7.62. The van der Waals surface area contributed by atoms with Crippen molar-refractivity contribution < 1.29 is 14.3 Å². The second-order valence-corrected chi connectivity index (χ2v) is 10.5. The zero-order chi connectivity index (χ0) is 21.8. The molecule has 0 radical (unpaired) electrons. The van der Waals surface area contributed by atoms with Crippen LogP contribution >= 0.6 is 0 Å². The quantitative estimate of drug-likeness (QED) is 0.582. The normalized spacial score (nSPS) is 31.0. The van der Waals surface area contributed by atoms with Gasteiger partial charge in [-0.1, -0.05) is 6.92 Å². The smallest absolute Gasteiger partial charge is 0.312 e. The molecule has 2 heterocycles. The zero-order valence-corrected chi connectivity index (χ0v) is 20.1. The molecule has 3 aliphatic rings. The minimum Gasteiger partial charge on any atom is -0.466 e. The number of carbonyl (C=O) groups is 1. The topological polar surface area (TPSA) is 45.3 Å². The van der Waals surface area contributed by atoms with E-state index < -0.39 is 0 Å². The van der Waals surface area contributed by atoms with Crippen LogP contribution in [0, 0.1) is 5.41 Å². The number of ether oxygens (including phenoxy) is 2. The summed E-state index contributed by atoms with van der Waals surface area (Å²) in [7, 11) is 0. The standard InChI is InChI=1S/C24H45N3O3/c1-6-24(21(28)29-7-2)12-10-20(11-13-24)30-22(25-14-8-9-15-25)26-16-18-27(19-17-26)23(3,4)5/h20,22H,6-19H2,1-5H3. The molecule has 0 N–H and O–H groups in total. The average Bonchev–Trinajstić information content (AvgIpc) is 3.27. The molecule has 0 aromatic heterocycles. The highest BCUT2D eigenvalue weighted by Crippen LogP contribution is 2.42. The summed E-state index contributed by atoms with van der Waals surface area (Å²) in [6.07, 6.45) is 7.43. The maximum Gasteiger partial charge on any atom is 0.312 e. The van der Waals surface area contributed by atoms with Crippen molar-refractivity contribution in [3.05, 3.63) is 0 Å². The van der Waals surface area contributed by atoms with E-state index in [2.05, 4.69) is 42.4 Å². The van der Waals surface area contributed by atoms with Crippen LogP contribution in [-0.4, -0.2) is 84.5 Å². The second-order valence-electron chi connectivity index (χ2n) is 10.5. The van der Waals surface area contributed by atoms with Gasteiger partial charge >= 0.3 is 5.97 Å². The van der Waals surface area contributed by atoms with E-state index in [0.717, 1.165) is 71.4 Å². The predicted octanol–water partition coefficient (Wildman–Crippen LogP) is 3.70. The minimum atomic E-state index is -0.294. The Morgan fingerprint density at radius 2 is 1.53 bits per heavy atom. The van der Waals surface area contributed by atoms with Crippen LogP contribution in [0.1, 0.15) is 79.6 Å². The Morgan fingerprint density at radius 3 is 2.03 bits per heavy atom. The van der Waals surface area contributed by atoms with Gasteiger partial charge in [-0.2, -0.15) is 0 Å². The first-order valence-electron chi connectivity index (χ1n) is 12.3. The summed E-state index contributed by atoms with van der Waals surface area (Å²) in [5, 5.41) is 0. The summed E-state index contributed by atoms with van der Waals surface area (Å²) in [6.45, 7) is 18.0. The van der Waals surface area contributed by atoms with E-state index in [1.54, 1.807) is 0 Å². The Balaban J connectivity index is 1.59. The van der Waals surface area contributed by atoms with Crippen molar-refractivity contribution in [1.82, 2.24) is 14.7 Å². The zero-order valence-electron chi connectivity index (χ0n) is 20.1. The van der Waals surface area contributed by atoms with Crippen molar-refractivity contribution in [2.45, 2.75) is 97.6 Å². The van der Waals surface area contributed by atoms with Gasteiger partial charge in [0.15, 0.2) is 6.35 Å². The van der Waals surface area contributed by atoms with Crippen LogP contribution in [0.4, 0.5) is 0 Å². The number of rotatable bonds is 7. The minimum absolute atomic E-state index is 0.000320. The summed E-state index contributed by atoms with van der Waals surface area (Å²) < 4.78 is 12.2. The van der Waals surface area contributed by atoms with Crippen LogP contribution < -0.4 is 0 Å². The number of hydrogen-bond donors (Lipinski definition) is 0. The molecule has 1 unspecified atom stereocenters. The molecule has 0 amide bonds. The SMILES string of the molecule is CCOC(=O)C1(CC)CCC(OC(N2CCCC2)N2CCN(C(C)(C)C)CC2)CC1. The Morgan fingerprint density at radius 1 is 0.967 bits per heavy atom. The third-order valence-electron chi connectivity index (χ3n) is 7.62. The van der Waals surface area contributed by atoms with Crippen LogP contribution in [0.3, 0.4) is 0 Å². The fraction of sp³-hybridized carbons (Fsp3) is 0.958. The number of esters is 1. The molecule has 6 heteroatoms. The summed E-state index contributed by atoms with van der Waals surface area (Å²) >= 11 is 0. The second kappa shape index (κ2) is 10.3. The number of nitrogens with zero attached hydrogens (tertiary/aromatic N) is 3. The molecular weight excluding hydrogens is 378 g/mol. The van der Waals surface area contributed by atoms with E-state index in [0.29, 0.717) is 6.61 Å². The molecule has 1 aliphatic carbocycles. The van der Waals surface area contributed by atoms with Gasteiger partial charge in [0.05, 0.1) is 18.1 Å².